The summed E-state index contributed by atoms with van der Waals surface area (Å²) >= 11 is 0. The zero-order valence-corrected chi connectivity index (χ0v) is 34.1. The minimum Gasteiger partial charge on any atom is -0.319 e. The van der Waals surface area contributed by atoms with Gasteiger partial charge in [-0.1, -0.05) is 127 Å². The van der Waals surface area contributed by atoms with Crippen molar-refractivity contribution in [2.45, 2.75) is 0 Å². The van der Waals surface area contributed by atoms with Crippen molar-refractivity contribution in [1.82, 2.24) is 14.5 Å². The van der Waals surface area contributed by atoms with E-state index in [1.54, 1.807) is 24.3 Å². The Balaban J connectivity index is 1.07. The second-order valence-electron chi connectivity index (χ2n) is 15.0. The molecule has 0 radical (unpaired) electrons. The van der Waals surface area contributed by atoms with Crippen molar-refractivity contribution in [3.8, 4) is 56.8 Å². The summed E-state index contributed by atoms with van der Waals surface area (Å²) in [6.07, 6.45) is 0. The van der Waals surface area contributed by atoms with Gasteiger partial charge < -0.3 is 9.47 Å². The van der Waals surface area contributed by atoms with Gasteiger partial charge in [0.25, 0.3) is 0 Å². The summed E-state index contributed by atoms with van der Waals surface area (Å²) in [6.45, 7) is 24.0. The highest BCUT2D eigenvalue weighted by Gasteiger charge is 2.21. The molecule has 8 heteroatoms. The van der Waals surface area contributed by atoms with Crippen molar-refractivity contribution < 1.29 is 0 Å². The molecule has 2 aromatic heterocycles. The molecule has 2 heterocycles. The first-order chi connectivity index (χ1) is 31.6. The van der Waals surface area contributed by atoms with Crippen LogP contribution in [0.4, 0.5) is 34.1 Å². The van der Waals surface area contributed by atoms with Gasteiger partial charge in [0.15, 0.2) is 11.4 Å². The van der Waals surface area contributed by atoms with Gasteiger partial charge >= 0.3 is 0 Å². The van der Waals surface area contributed by atoms with Gasteiger partial charge in [0, 0.05) is 44.5 Å². The molecule has 0 saturated carbocycles. The highest BCUT2D eigenvalue weighted by atomic mass is 15.1. The molecular weight excluding hydrogens is 785 g/mol. The van der Waals surface area contributed by atoms with Crippen LogP contribution in [-0.4, -0.2) is 14.5 Å². The van der Waals surface area contributed by atoms with Gasteiger partial charge in [-0.05, 0) is 77.9 Å². The Morgan fingerprint density at radius 3 is 1.69 bits per heavy atom. The van der Waals surface area contributed by atoms with Gasteiger partial charge in [-0.25, -0.2) is 24.5 Å². The molecule has 0 atom stereocenters. The van der Waals surface area contributed by atoms with Gasteiger partial charge in [-0.15, -0.1) is 0 Å². The van der Waals surface area contributed by atoms with Crippen LogP contribution in [-0.2, 0) is 0 Å². The van der Waals surface area contributed by atoms with E-state index in [9.17, 15) is 5.26 Å². The molecule has 0 saturated heterocycles. The van der Waals surface area contributed by atoms with Crippen LogP contribution in [0.2, 0.25) is 0 Å². The fourth-order valence-electron chi connectivity index (χ4n) is 8.36. The lowest BCUT2D eigenvalue weighted by atomic mass is 9.96. The van der Waals surface area contributed by atoms with E-state index in [0.29, 0.717) is 62.2 Å². The third kappa shape index (κ3) is 6.83. The molecule has 0 fully saturated rings. The molecule has 8 aromatic carbocycles. The Bertz CT molecular complexity index is 3490. The number of nitrogens with zero attached hydrogens (tertiary/aromatic N) is 8. The summed E-state index contributed by atoms with van der Waals surface area (Å²) in [4.78, 5) is 23.5. The van der Waals surface area contributed by atoms with Gasteiger partial charge in [0.05, 0.1) is 59.5 Å². The van der Waals surface area contributed by atoms with E-state index in [4.69, 9.17) is 29.7 Å². The SMILES string of the molecule is [C-]#[N+]c1ccccc1-c1cc(-c2ccc(-c3cc([N+]#[C-])c(-n4c5ccccc5c5cc(N(c6ccccc6)c6ccccc6)ccc54)cc3C#N)cc2)nc(-c2ccccc2[N+]#[C-])n1. The molecule has 0 aliphatic rings. The minimum atomic E-state index is 0.373. The number of rotatable bonds is 8. The molecule has 0 aliphatic carbocycles. The molecule has 296 valence electrons. The summed E-state index contributed by atoms with van der Waals surface area (Å²) in [6, 6.07) is 65.3. The fourth-order valence-corrected chi connectivity index (χ4v) is 8.36. The molecule has 0 N–H and O–H groups in total. The molecule has 0 amide bonds. The third-order valence-corrected chi connectivity index (χ3v) is 11.3. The van der Waals surface area contributed by atoms with Crippen molar-refractivity contribution in [2.24, 2.45) is 0 Å². The van der Waals surface area contributed by atoms with Crippen LogP contribution in [0.1, 0.15) is 5.56 Å². The first-order valence-corrected chi connectivity index (χ1v) is 20.4. The predicted octanol–water partition coefficient (Wildman–Crippen LogP) is 15.2. The van der Waals surface area contributed by atoms with Gasteiger partial charge in [-0.2, -0.15) is 5.26 Å². The largest absolute Gasteiger partial charge is 0.319 e. The topological polar surface area (TPSA) is 70.8 Å². The molecule has 10 rings (SSSR count). The lowest BCUT2D eigenvalue weighted by molar-refractivity contribution is 1.18. The summed E-state index contributed by atoms with van der Waals surface area (Å²) in [5.41, 5.74) is 11.8. The van der Waals surface area contributed by atoms with Crippen LogP contribution >= 0.6 is 0 Å². The Labute approximate surface area is 369 Å². The molecule has 64 heavy (non-hydrogen) atoms. The number of hydrogen-bond acceptors (Lipinski definition) is 4. The maximum atomic E-state index is 10.7. The van der Waals surface area contributed by atoms with Crippen molar-refractivity contribution in [2.75, 3.05) is 4.90 Å². The number of para-hydroxylation sites is 5. The molecule has 8 nitrogen and oxygen atoms in total. The normalized spacial score (nSPS) is 10.8. The zero-order valence-electron chi connectivity index (χ0n) is 34.1. The van der Waals surface area contributed by atoms with Crippen LogP contribution in [0.3, 0.4) is 0 Å². The molecule has 0 unspecified atom stereocenters. The van der Waals surface area contributed by atoms with E-state index < -0.39 is 0 Å². The number of benzene rings is 8. The van der Waals surface area contributed by atoms with E-state index in [-0.39, 0.29) is 0 Å². The first kappa shape index (κ1) is 38.6. The molecule has 0 bridgehead atoms. The summed E-state index contributed by atoms with van der Waals surface area (Å²) in [5.74, 6) is 0.373. The third-order valence-electron chi connectivity index (χ3n) is 11.3. The molecule has 0 spiro atoms. The summed E-state index contributed by atoms with van der Waals surface area (Å²) in [7, 11) is 0. The van der Waals surface area contributed by atoms with Crippen molar-refractivity contribution in [3.05, 3.63) is 234 Å². The van der Waals surface area contributed by atoms with E-state index in [1.165, 1.54) is 0 Å². The Kier molecular flexibility index (Phi) is 9.92. The van der Waals surface area contributed by atoms with Gasteiger partial charge in [-0.3, -0.25) is 0 Å². The first-order valence-electron chi connectivity index (χ1n) is 20.4. The summed E-state index contributed by atoms with van der Waals surface area (Å²) in [5, 5.41) is 12.7. The second-order valence-corrected chi connectivity index (χ2v) is 15.0. The van der Waals surface area contributed by atoms with Crippen molar-refractivity contribution in [3.63, 3.8) is 0 Å². The Morgan fingerprint density at radius 1 is 0.453 bits per heavy atom. The van der Waals surface area contributed by atoms with Gasteiger partial charge in [0.2, 0.25) is 5.69 Å². The van der Waals surface area contributed by atoms with Crippen LogP contribution < -0.4 is 4.90 Å². The van der Waals surface area contributed by atoms with Crippen molar-refractivity contribution in [1.29, 1.82) is 5.26 Å². The molecule has 10 aromatic rings. The minimum absolute atomic E-state index is 0.373. The van der Waals surface area contributed by atoms with Gasteiger partial charge in [0.1, 0.15) is 5.82 Å². The van der Waals surface area contributed by atoms with E-state index >= 15 is 0 Å². The number of fused-ring (bicyclic) bond motifs is 3. The summed E-state index contributed by atoms with van der Waals surface area (Å²) < 4.78 is 2.09. The monoisotopic (exact) mass is 816 g/mol. The fraction of sp³-hybridized carbons (Fsp3) is 0. The smallest absolute Gasteiger partial charge is 0.211 e. The second kappa shape index (κ2) is 16.5. The predicted molar refractivity (Wildman–Crippen MR) is 256 cm³/mol. The van der Waals surface area contributed by atoms with E-state index in [0.717, 1.165) is 50.0 Å². The maximum absolute atomic E-state index is 10.7. The zero-order chi connectivity index (χ0) is 43.6. The highest BCUT2D eigenvalue weighted by molar-refractivity contribution is 6.11. The van der Waals surface area contributed by atoms with Crippen LogP contribution in [0, 0.1) is 31.0 Å². The average molecular weight is 817 g/mol. The standard InChI is InChI=1S/C56H32N8/c1-58-48-23-13-10-21-44(48)51-35-50(61-56(62-51)45-22-11-14-24-49(45)59-2)38-28-26-37(27-29-38)46-34-52(60-3)55(32-39(46)36-57)64-53-25-15-12-20-43(53)47-33-42(30-31-54(47)64)63(40-16-6-4-7-17-40)41-18-8-5-9-19-41/h4-35H. The lowest BCUT2D eigenvalue weighted by Crippen LogP contribution is -2.09. The lowest BCUT2D eigenvalue weighted by Gasteiger charge is -2.25. The number of hydrogen-bond donors (Lipinski definition) is 0. The van der Waals surface area contributed by atoms with Crippen molar-refractivity contribution >= 4 is 55.9 Å². The maximum Gasteiger partial charge on any atom is 0.211 e. The van der Waals surface area contributed by atoms with Crippen LogP contribution in [0.5, 0.6) is 0 Å². The number of anilines is 3. The Morgan fingerprint density at radius 2 is 1.02 bits per heavy atom. The molecule has 0 aliphatic heterocycles. The van der Waals surface area contributed by atoms with Crippen LogP contribution in [0.25, 0.3) is 87.1 Å². The number of nitriles is 1. The number of aromatic nitrogens is 3. The Hall–Kier alpha value is -9.60. The average Bonchev–Trinajstić information content (AvgIpc) is 3.70. The van der Waals surface area contributed by atoms with E-state index in [2.05, 4.69) is 84.7 Å². The quantitative estimate of drug-likeness (QED) is 0.143. The highest BCUT2D eigenvalue weighted by Crippen LogP contribution is 2.43. The van der Waals surface area contributed by atoms with E-state index in [1.807, 2.05) is 115 Å². The molecular formula is C56H32N8. The van der Waals surface area contributed by atoms with Crippen LogP contribution in [0.15, 0.2) is 194 Å².